The zero-order valence-corrected chi connectivity index (χ0v) is 12.0. The van der Waals surface area contributed by atoms with E-state index in [-0.39, 0.29) is 0 Å². The van der Waals surface area contributed by atoms with Crippen LogP contribution < -0.4 is 10.6 Å². The molecule has 0 aliphatic rings. The van der Waals surface area contributed by atoms with E-state index in [4.69, 9.17) is 11.6 Å². The van der Waals surface area contributed by atoms with Gasteiger partial charge in [-0.2, -0.15) is 0 Å². The molecular weight excluding hydrogens is 266 g/mol. The second kappa shape index (κ2) is 7.11. The third-order valence-corrected chi connectivity index (χ3v) is 2.72. The number of carbonyl (C=O) groups is 2. The molecular formula is C13H18ClN3O2. The lowest BCUT2D eigenvalue weighted by molar-refractivity contribution is -0.136. The van der Waals surface area contributed by atoms with Gasteiger partial charge in [0.05, 0.1) is 0 Å². The normalized spacial score (nSPS) is 10.4. The fourth-order valence-electron chi connectivity index (χ4n) is 1.42. The van der Waals surface area contributed by atoms with E-state index in [9.17, 15) is 9.59 Å². The van der Waals surface area contributed by atoms with Crippen LogP contribution in [0.5, 0.6) is 0 Å². The topological polar surface area (TPSA) is 61.4 Å². The Balaban J connectivity index is 2.52. The van der Waals surface area contributed by atoms with Crippen molar-refractivity contribution in [3.63, 3.8) is 0 Å². The van der Waals surface area contributed by atoms with Crippen molar-refractivity contribution in [2.45, 2.75) is 6.92 Å². The van der Waals surface area contributed by atoms with Crippen molar-refractivity contribution >= 4 is 29.1 Å². The van der Waals surface area contributed by atoms with E-state index in [0.717, 1.165) is 5.56 Å². The summed E-state index contributed by atoms with van der Waals surface area (Å²) in [6.07, 6.45) is 0. The molecule has 0 unspecified atom stereocenters. The second-order valence-corrected chi connectivity index (χ2v) is 4.91. The van der Waals surface area contributed by atoms with Gasteiger partial charge < -0.3 is 15.5 Å². The number of amides is 2. The molecule has 104 valence electrons. The number of hydrogen-bond acceptors (Lipinski definition) is 3. The minimum Gasteiger partial charge on any atom is -0.347 e. The number of anilines is 1. The Hall–Kier alpha value is -1.59. The van der Waals surface area contributed by atoms with Gasteiger partial charge in [-0.25, -0.2) is 0 Å². The number of halogens is 1. The van der Waals surface area contributed by atoms with Gasteiger partial charge in [0.1, 0.15) is 0 Å². The van der Waals surface area contributed by atoms with Crippen LogP contribution in [0, 0.1) is 6.92 Å². The van der Waals surface area contributed by atoms with Crippen molar-refractivity contribution < 1.29 is 9.59 Å². The highest BCUT2D eigenvalue weighted by atomic mass is 35.5. The average molecular weight is 284 g/mol. The Kier molecular flexibility index (Phi) is 5.79. The third kappa shape index (κ3) is 5.28. The van der Waals surface area contributed by atoms with Crippen molar-refractivity contribution in [1.29, 1.82) is 0 Å². The number of hydrogen-bond donors (Lipinski definition) is 2. The summed E-state index contributed by atoms with van der Waals surface area (Å²) in [4.78, 5) is 25.1. The lowest BCUT2D eigenvalue weighted by Gasteiger charge is -2.11. The first-order valence-electron chi connectivity index (χ1n) is 5.90. The van der Waals surface area contributed by atoms with Gasteiger partial charge in [0.2, 0.25) is 0 Å². The first kappa shape index (κ1) is 15.5. The Morgan fingerprint density at radius 3 is 2.53 bits per heavy atom. The molecule has 0 radical (unpaired) electrons. The van der Waals surface area contributed by atoms with Crippen molar-refractivity contribution in [2.24, 2.45) is 0 Å². The SMILES string of the molecule is Cc1cc(Cl)ccc1NC(=O)C(=O)NCCN(C)C. The second-order valence-electron chi connectivity index (χ2n) is 4.47. The molecule has 0 saturated heterocycles. The summed E-state index contributed by atoms with van der Waals surface area (Å²) in [7, 11) is 3.78. The molecule has 0 aliphatic carbocycles. The summed E-state index contributed by atoms with van der Waals surface area (Å²) in [6, 6.07) is 5.05. The summed E-state index contributed by atoms with van der Waals surface area (Å²) in [5, 5.41) is 5.69. The van der Waals surface area contributed by atoms with Gasteiger partial charge in [0.25, 0.3) is 0 Å². The molecule has 0 saturated carbocycles. The maximum absolute atomic E-state index is 11.7. The number of rotatable bonds is 4. The zero-order chi connectivity index (χ0) is 14.4. The Bertz CT molecular complexity index is 475. The van der Waals surface area contributed by atoms with Crippen LogP contribution in [-0.4, -0.2) is 43.9 Å². The lowest BCUT2D eigenvalue weighted by atomic mass is 10.2. The van der Waals surface area contributed by atoms with Gasteiger partial charge in [-0.1, -0.05) is 11.6 Å². The van der Waals surface area contributed by atoms with Crippen molar-refractivity contribution in [3.05, 3.63) is 28.8 Å². The smallest absolute Gasteiger partial charge is 0.313 e. The van der Waals surface area contributed by atoms with E-state index in [1.54, 1.807) is 18.2 Å². The lowest BCUT2D eigenvalue weighted by Crippen LogP contribution is -2.38. The molecule has 1 rings (SSSR count). The summed E-state index contributed by atoms with van der Waals surface area (Å²) in [5.74, 6) is -1.32. The van der Waals surface area contributed by atoms with E-state index in [1.807, 2.05) is 25.9 Å². The maximum atomic E-state index is 11.7. The first-order chi connectivity index (χ1) is 8.90. The quantitative estimate of drug-likeness (QED) is 0.818. The third-order valence-electron chi connectivity index (χ3n) is 2.49. The molecule has 2 N–H and O–H groups in total. The maximum Gasteiger partial charge on any atom is 0.313 e. The average Bonchev–Trinajstić information content (AvgIpc) is 2.32. The van der Waals surface area contributed by atoms with E-state index in [1.165, 1.54) is 0 Å². The van der Waals surface area contributed by atoms with Gasteiger partial charge >= 0.3 is 11.8 Å². The molecule has 5 nitrogen and oxygen atoms in total. The number of nitrogens with zero attached hydrogens (tertiary/aromatic N) is 1. The van der Waals surface area contributed by atoms with Crippen LogP contribution in [-0.2, 0) is 9.59 Å². The fourth-order valence-corrected chi connectivity index (χ4v) is 1.65. The highest BCUT2D eigenvalue weighted by molar-refractivity contribution is 6.39. The molecule has 0 fully saturated rings. The van der Waals surface area contributed by atoms with Gasteiger partial charge in [0.15, 0.2) is 0 Å². The zero-order valence-electron chi connectivity index (χ0n) is 11.3. The number of benzene rings is 1. The van der Waals surface area contributed by atoms with Crippen LogP contribution in [0.1, 0.15) is 5.56 Å². The predicted molar refractivity (Wildman–Crippen MR) is 76.4 cm³/mol. The first-order valence-corrected chi connectivity index (χ1v) is 6.28. The van der Waals surface area contributed by atoms with Crippen LogP contribution in [0.2, 0.25) is 5.02 Å². The van der Waals surface area contributed by atoms with Crippen LogP contribution in [0.4, 0.5) is 5.69 Å². The highest BCUT2D eigenvalue weighted by Crippen LogP contribution is 2.19. The molecule has 6 heteroatoms. The predicted octanol–water partition coefficient (Wildman–Crippen LogP) is 1.26. The van der Waals surface area contributed by atoms with Crippen LogP contribution in [0.25, 0.3) is 0 Å². The molecule has 1 aromatic carbocycles. The Morgan fingerprint density at radius 1 is 1.26 bits per heavy atom. The van der Waals surface area contributed by atoms with E-state index in [0.29, 0.717) is 23.8 Å². The minimum absolute atomic E-state index is 0.429. The van der Waals surface area contributed by atoms with Crippen LogP contribution >= 0.6 is 11.6 Å². The van der Waals surface area contributed by atoms with Crippen LogP contribution in [0.3, 0.4) is 0 Å². The molecule has 0 aromatic heterocycles. The van der Waals surface area contributed by atoms with Gasteiger partial charge in [-0.15, -0.1) is 0 Å². The van der Waals surface area contributed by atoms with Gasteiger partial charge in [-0.3, -0.25) is 9.59 Å². The molecule has 0 bridgehead atoms. The summed E-state index contributed by atoms with van der Waals surface area (Å²) >= 11 is 5.82. The number of nitrogens with one attached hydrogen (secondary N) is 2. The van der Waals surface area contributed by atoms with E-state index in [2.05, 4.69) is 10.6 Å². The monoisotopic (exact) mass is 283 g/mol. The van der Waals surface area contributed by atoms with Crippen molar-refractivity contribution in [1.82, 2.24) is 10.2 Å². The van der Waals surface area contributed by atoms with Gasteiger partial charge in [-0.05, 0) is 44.8 Å². The molecule has 0 aliphatic heterocycles. The largest absolute Gasteiger partial charge is 0.347 e. The van der Waals surface area contributed by atoms with Crippen molar-refractivity contribution in [2.75, 3.05) is 32.5 Å². The highest BCUT2D eigenvalue weighted by Gasteiger charge is 2.14. The summed E-state index contributed by atoms with van der Waals surface area (Å²) < 4.78 is 0. The molecule has 19 heavy (non-hydrogen) atoms. The molecule has 1 aromatic rings. The molecule has 0 atom stereocenters. The molecule has 2 amide bonds. The minimum atomic E-state index is -0.677. The Morgan fingerprint density at radius 2 is 1.95 bits per heavy atom. The number of likely N-dealkylation sites (N-methyl/N-ethyl adjacent to an activating group) is 1. The molecule has 0 heterocycles. The molecule has 0 spiro atoms. The van der Waals surface area contributed by atoms with E-state index < -0.39 is 11.8 Å². The fraction of sp³-hybridized carbons (Fsp3) is 0.385. The number of carbonyl (C=O) groups excluding carboxylic acids is 2. The standard InChI is InChI=1S/C13H18ClN3O2/c1-9-8-10(14)4-5-11(9)16-13(19)12(18)15-6-7-17(2)3/h4-5,8H,6-7H2,1-3H3,(H,15,18)(H,16,19). The van der Waals surface area contributed by atoms with Gasteiger partial charge in [0, 0.05) is 23.8 Å². The Labute approximate surface area is 117 Å². The summed E-state index contributed by atoms with van der Waals surface area (Å²) in [6.45, 7) is 2.92. The van der Waals surface area contributed by atoms with E-state index >= 15 is 0 Å². The number of aryl methyl sites for hydroxylation is 1. The van der Waals surface area contributed by atoms with Crippen molar-refractivity contribution in [3.8, 4) is 0 Å². The summed E-state index contributed by atoms with van der Waals surface area (Å²) in [5.41, 5.74) is 1.39. The van der Waals surface area contributed by atoms with Crippen LogP contribution in [0.15, 0.2) is 18.2 Å².